The Labute approximate surface area is 155 Å². The standard InChI is InChI=1S/C19H19N5O3/c1-11(2)16(21-18(25)15-5-4-8-26-15)19-22-17(23-27-19)12-6-7-14-13(9-12)20-10-24(14)3/h4-11,16H,1-3H3,(H,21,25). The Morgan fingerprint density at radius 1 is 1.26 bits per heavy atom. The molecule has 4 rings (SSSR count). The van der Waals surface area contributed by atoms with E-state index in [0.29, 0.717) is 11.7 Å². The number of rotatable bonds is 5. The van der Waals surface area contributed by atoms with E-state index in [2.05, 4.69) is 20.4 Å². The zero-order chi connectivity index (χ0) is 19.0. The molecule has 0 spiro atoms. The monoisotopic (exact) mass is 365 g/mol. The summed E-state index contributed by atoms with van der Waals surface area (Å²) in [5.74, 6) is 0.765. The van der Waals surface area contributed by atoms with Gasteiger partial charge in [-0.2, -0.15) is 4.98 Å². The fraction of sp³-hybridized carbons (Fsp3) is 0.263. The van der Waals surface area contributed by atoms with E-state index < -0.39 is 6.04 Å². The minimum atomic E-state index is -0.428. The summed E-state index contributed by atoms with van der Waals surface area (Å²) >= 11 is 0. The lowest BCUT2D eigenvalue weighted by Crippen LogP contribution is -2.31. The number of hydrogen-bond donors (Lipinski definition) is 1. The van der Waals surface area contributed by atoms with Crippen molar-refractivity contribution in [1.29, 1.82) is 0 Å². The maximum Gasteiger partial charge on any atom is 0.287 e. The molecule has 1 atom stereocenters. The maximum absolute atomic E-state index is 12.3. The molecule has 27 heavy (non-hydrogen) atoms. The molecule has 1 unspecified atom stereocenters. The first-order valence-corrected chi connectivity index (χ1v) is 8.62. The van der Waals surface area contributed by atoms with Crippen LogP contribution in [0.4, 0.5) is 0 Å². The molecular formula is C19H19N5O3. The Balaban J connectivity index is 1.61. The number of nitrogens with zero attached hydrogens (tertiary/aromatic N) is 4. The van der Waals surface area contributed by atoms with Crippen LogP contribution in [0.3, 0.4) is 0 Å². The van der Waals surface area contributed by atoms with Gasteiger partial charge in [0.1, 0.15) is 6.04 Å². The molecule has 0 fully saturated rings. The highest BCUT2D eigenvalue weighted by atomic mass is 16.5. The van der Waals surface area contributed by atoms with Gasteiger partial charge in [-0.15, -0.1) is 0 Å². The number of carbonyl (C=O) groups is 1. The lowest BCUT2D eigenvalue weighted by Gasteiger charge is -2.17. The molecule has 0 radical (unpaired) electrons. The van der Waals surface area contributed by atoms with Crippen molar-refractivity contribution < 1.29 is 13.7 Å². The number of benzene rings is 1. The average molecular weight is 365 g/mol. The molecule has 1 aromatic carbocycles. The van der Waals surface area contributed by atoms with Gasteiger partial charge in [0.25, 0.3) is 5.91 Å². The third-order valence-corrected chi connectivity index (χ3v) is 4.39. The molecule has 1 amide bonds. The van der Waals surface area contributed by atoms with Gasteiger partial charge in [0, 0.05) is 12.6 Å². The number of aromatic nitrogens is 4. The van der Waals surface area contributed by atoms with Gasteiger partial charge in [0.05, 0.1) is 23.6 Å². The molecule has 1 N–H and O–H groups in total. The quantitative estimate of drug-likeness (QED) is 0.582. The third kappa shape index (κ3) is 3.21. The molecule has 138 valence electrons. The van der Waals surface area contributed by atoms with Crippen molar-refractivity contribution in [2.75, 3.05) is 0 Å². The topological polar surface area (TPSA) is 99.0 Å². The summed E-state index contributed by atoms with van der Waals surface area (Å²) in [7, 11) is 1.94. The molecule has 8 heteroatoms. The van der Waals surface area contributed by atoms with Crippen LogP contribution in [0.15, 0.2) is 51.9 Å². The Bertz CT molecular complexity index is 1080. The summed E-state index contributed by atoms with van der Waals surface area (Å²) < 4.78 is 12.5. The average Bonchev–Trinajstić information content (AvgIpc) is 3.40. The summed E-state index contributed by atoms with van der Waals surface area (Å²) in [5, 5.41) is 6.97. The highest BCUT2D eigenvalue weighted by Crippen LogP contribution is 2.25. The van der Waals surface area contributed by atoms with Crippen molar-refractivity contribution in [2.24, 2.45) is 13.0 Å². The molecule has 0 saturated carbocycles. The van der Waals surface area contributed by atoms with Crippen molar-refractivity contribution in [3.8, 4) is 11.4 Å². The van der Waals surface area contributed by atoms with Crippen molar-refractivity contribution in [3.63, 3.8) is 0 Å². The fourth-order valence-corrected chi connectivity index (χ4v) is 2.89. The summed E-state index contributed by atoms with van der Waals surface area (Å²) in [6.07, 6.45) is 3.22. The number of furan rings is 1. The van der Waals surface area contributed by atoms with E-state index >= 15 is 0 Å². The number of fused-ring (bicyclic) bond motifs is 1. The minimum absolute atomic E-state index is 0.0514. The van der Waals surface area contributed by atoms with Gasteiger partial charge >= 0.3 is 0 Å². The van der Waals surface area contributed by atoms with E-state index in [1.807, 2.05) is 43.7 Å². The number of imidazole rings is 1. The van der Waals surface area contributed by atoms with Gasteiger partial charge in [-0.3, -0.25) is 4.79 Å². The summed E-state index contributed by atoms with van der Waals surface area (Å²) in [4.78, 5) is 21.2. The second-order valence-corrected chi connectivity index (χ2v) is 6.69. The van der Waals surface area contributed by atoms with Gasteiger partial charge in [-0.1, -0.05) is 19.0 Å². The molecule has 0 aliphatic carbocycles. The van der Waals surface area contributed by atoms with E-state index in [0.717, 1.165) is 16.6 Å². The van der Waals surface area contributed by atoms with Crippen molar-refractivity contribution in [2.45, 2.75) is 19.9 Å². The zero-order valence-corrected chi connectivity index (χ0v) is 15.2. The van der Waals surface area contributed by atoms with E-state index in [1.165, 1.54) is 6.26 Å². The SMILES string of the molecule is CC(C)C(NC(=O)c1ccco1)c1nc(-c2ccc3c(c2)ncn3C)no1. The van der Waals surface area contributed by atoms with Crippen LogP contribution in [0.5, 0.6) is 0 Å². The van der Waals surface area contributed by atoms with Crippen LogP contribution in [-0.2, 0) is 7.05 Å². The lowest BCUT2D eigenvalue weighted by atomic mass is 10.0. The van der Waals surface area contributed by atoms with Crippen LogP contribution in [0, 0.1) is 5.92 Å². The number of carbonyl (C=O) groups excluding carboxylic acids is 1. The van der Waals surface area contributed by atoms with Crippen LogP contribution in [0.1, 0.15) is 36.3 Å². The maximum atomic E-state index is 12.3. The molecule has 0 bridgehead atoms. The Morgan fingerprint density at radius 3 is 2.85 bits per heavy atom. The number of hydrogen-bond acceptors (Lipinski definition) is 6. The van der Waals surface area contributed by atoms with Crippen molar-refractivity contribution in [1.82, 2.24) is 25.0 Å². The normalized spacial score (nSPS) is 12.6. The van der Waals surface area contributed by atoms with Gasteiger partial charge in [0.15, 0.2) is 5.76 Å². The molecule has 3 heterocycles. The molecule has 3 aromatic heterocycles. The summed E-state index contributed by atoms with van der Waals surface area (Å²) in [6.45, 7) is 3.94. The van der Waals surface area contributed by atoms with Crippen molar-refractivity contribution in [3.05, 3.63) is 54.6 Å². The summed E-state index contributed by atoms with van der Waals surface area (Å²) in [6, 6.07) is 8.64. The van der Waals surface area contributed by atoms with Crippen LogP contribution in [0.25, 0.3) is 22.4 Å². The molecule has 4 aromatic rings. The minimum Gasteiger partial charge on any atom is -0.459 e. The zero-order valence-electron chi connectivity index (χ0n) is 15.2. The second kappa shape index (κ2) is 6.71. The van der Waals surface area contributed by atoms with E-state index in [1.54, 1.807) is 18.5 Å². The lowest BCUT2D eigenvalue weighted by molar-refractivity contribution is 0.0885. The number of nitrogens with one attached hydrogen (secondary N) is 1. The predicted molar refractivity (Wildman–Crippen MR) is 97.8 cm³/mol. The van der Waals surface area contributed by atoms with Crippen LogP contribution >= 0.6 is 0 Å². The van der Waals surface area contributed by atoms with E-state index in [9.17, 15) is 4.79 Å². The largest absolute Gasteiger partial charge is 0.459 e. The molecule has 0 saturated heterocycles. The van der Waals surface area contributed by atoms with Gasteiger partial charge in [-0.05, 0) is 36.2 Å². The van der Waals surface area contributed by atoms with Crippen molar-refractivity contribution >= 4 is 16.9 Å². The van der Waals surface area contributed by atoms with E-state index in [4.69, 9.17) is 8.94 Å². The van der Waals surface area contributed by atoms with Crippen LogP contribution < -0.4 is 5.32 Å². The summed E-state index contributed by atoms with van der Waals surface area (Å²) in [5.41, 5.74) is 2.68. The predicted octanol–water partition coefficient (Wildman–Crippen LogP) is 3.34. The molecule has 0 aliphatic heterocycles. The molecular weight excluding hydrogens is 346 g/mol. The Hall–Kier alpha value is -3.42. The van der Waals surface area contributed by atoms with Gasteiger partial charge < -0.3 is 18.8 Å². The first kappa shape index (κ1) is 17.0. The highest BCUT2D eigenvalue weighted by Gasteiger charge is 2.26. The Kier molecular flexibility index (Phi) is 4.23. The molecule has 8 nitrogen and oxygen atoms in total. The first-order valence-electron chi connectivity index (χ1n) is 8.62. The highest BCUT2D eigenvalue weighted by molar-refractivity contribution is 5.91. The number of amides is 1. The van der Waals surface area contributed by atoms with Crippen LogP contribution in [0.2, 0.25) is 0 Å². The number of aryl methyl sites for hydroxylation is 1. The fourth-order valence-electron chi connectivity index (χ4n) is 2.89. The smallest absolute Gasteiger partial charge is 0.287 e. The Morgan fingerprint density at radius 2 is 2.11 bits per heavy atom. The van der Waals surface area contributed by atoms with Crippen LogP contribution in [-0.4, -0.2) is 25.6 Å². The second-order valence-electron chi connectivity index (χ2n) is 6.69. The third-order valence-electron chi connectivity index (χ3n) is 4.39. The van der Waals surface area contributed by atoms with Gasteiger partial charge in [-0.25, -0.2) is 4.98 Å². The molecule has 0 aliphatic rings. The van der Waals surface area contributed by atoms with E-state index in [-0.39, 0.29) is 17.6 Å². The van der Waals surface area contributed by atoms with Gasteiger partial charge in [0.2, 0.25) is 11.7 Å². The first-order chi connectivity index (χ1) is 13.0.